The lowest BCUT2D eigenvalue weighted by Crippen LogP contribution is -2.48. The van der Waals surface area contributed by atoms with E-state index >= 15 is 0 Å². The van der Waals surface area contributed by atoms with E-state index in [1.807, 2.05) is 12.1 Å². The summed E-state index contributed by atoms with van der Waals surface area (Å²) in [5.41, 5.74) is 2.51. The van der Waals surface area contributed by atoms with Crippen LogP contribution in [0.4, 0.5) is 0 Å². The number of hydrogen-bond donors (Lipinski definition) is 0. The van der Waals surface area contributed by atoms with Gasteiger partial charge in [-0.3, -0.25) is 0 Å². The van der Waals surface area contributed by atoms with E-state index in [0.717, 1.165) is 0 Å². The van der Waals surface area contributed by atoms with E-state index < -0.39 is 0 Å². The van der Waals surface area contributed by atoms with Gasteiger partial charge in [-0.15, -0.1) is 0 Å². The molecule has 2 heterocycles. The van der Waals surface area contributed by atoms with Crippen molar-refractivity contribution in [3.05, 3.63) is 47.7 Å². The molecule has 0 aromatic heterocycles. The lowest BCUT2D eigenvalue weighted by molar-refractivity contribution is -0.269. The molecule has 1 aromatic carbocycles. The average Bonchev–Trinajstić information content (AvgIpc) is 2.71. The maximum atomic E-state index is 5.91. The molecular weight excluding hydrogens is 228 g/mol. The second-order valence-electron chi connectivity index (χ2n) is 4.92. The van der Waals surface area contributed by atoms with E-state index in [1.54, 1.807) is 6.26 Å². The molecule has 1 fully saturated rings. The zero-order valence-electron chi connectivity index (χ0n) is 10.7. The molecule has 3 nitrogen and oxygen atoms in total. The van der Waals surface area contributed by atoms with Gasteiger partial charge >= 0.3 is 0 Å². The number of fused-ring (bicyclic) bond motifs is 1. The molecule has 2 aliphatic rings. The van der Waals surface area contributed by atoms with Crippen molar-refractivity contribution in [2.75, 3.05) is 6.61 Å². The lowest BCUT2D eigenvalue weighted by Gasteiger charge is -2.38. The molecule has 1 aromatic rings. The molecule has 1 saturated heterocycles. The Morgan fingerprint density at radius 3 is 2.94 bits per heavy atom. The monoisotopic (exact) mass is 246 g/mol. The van der Waals surface area contributed by atoms with Crippen molar-refractivity contribution < 1.29 is 14.2 Å². The third-order valence-electron chi connectivity index (χ3n) is 3.70. The van der Waals surface area contributed by atoms with Crippen molar-refractivity contribution in [1.82, 2.24) is 0 Å². The first-order chi connectivity index (χ1) is 8.75. The number of hydrogen-bond acceptors (Lipinski definition) is 3. The first-order valence-corrected chi connectivity index (χ1v) is 6.40. The van der Waals surface area contributed by atoms with Gasteiger partial charge in [-0.1, -0.05) is 24.3 Å². The van der Waals surface area contributed by atoms with Gasteiger partial charge in [-0.05, 0) is 31.1 Å². The molecule has 0 bridgehead atoms. The minimum atomic E-state index is -0.0626. The summed E-state index contributed by atoms with van der Waals surface area (Å²) in [4.78, 5) is 0. The van der Waals surface area contributed by atoms with Crippen LogP contribution in [-0.4, -0.2) is 19.0 Å². The van der Waals surface area contributed by atoms with Crippen LogP contribution < -0.4 is 0 Å². The van der Waals surface area contributed by atoms with Crippen molar-refractivity contribution in [3.8, 4) is 0 Å². The van der Waals surface area contributed by atoms with Crippen molar-refractivity contribution in [1.29, 1.82) is 0 Å². The topological polar surface area (TPSA) is 27.7 Å². The van der Waals surface area contributed by atoms with Crippen LogP contribution in [0.3, 0.4) is 0 Å². The number of ether oxygens (including phenoxy) is 3. The van der Waals surface area contributed by atoms with Gasteiger partial charge in [0.05, 0.1) is 31.0 Å². The molecule has 0 radical (unpaired) electrons. The Morgan fingerprint density at radius 2 is 2.17 bits per heavy atom. The summed E-state index contributed by atoms with van der Waals surface area (Å²) in [6.07, 6.45) is 3.95. The number of aryl methyl sites for hydroxylation is 1. The highest BCUT2D eigenvalue weighted by molar-refractivity contribution is 5.27. The summed E-state index contributed by atoms with van der Waals surface area (Å²) < 4.78 is 16.7. The van der Waals surface area contributed by atoms with Gasteiger partial charge in [0.15, 0.2) is 0 Å². The maximum absolute atomic E-state index is 5.91. The molecule has 3 rings (SSSR count). The first kappa shape index (κ1) is 11.8. The summed E-state index contributed by atoms with van der Waals surface area (Å²) in [6.45, 7) is 4.81. The highest BCUT2D eigenvalue weighted by atomic mass is 16.7. The van der Waals surface area contributed by atoms with E-state index in [0.29, 0.717) is 12.5 Å². The zero-order chi connectivity index (χ0) is 12.5. The van der Waals surface area contributed by atoms with Gasteiger partial charge < -0.3 is 14.2 Å². The van der Waals surface area contributed by atoms with Crippen LogP contribution in [0.25, 0.3) is 0 Å². The van der Waals surface area contributed by atoms with Gasteiger partial charge in [-0.25, -0.2) is 0 Å². The van der Waals surface area contributed by atoms with Crippen LogP contribution in [0.5, 0.6) is 0 Å². The quantitative estimate of drug-likeness (QED) is 0.817. The van der Waals surface area contributed by atoms with Crippen molar-refractivity contribution in [2.24, 2.45) is 5.92 Å². The Morgan fingerprint density at radius 1 is 1.33 bits per heavy atom. The van der Waals surface area contributed by atoms with Crippen LogP contribution in [0.1, 0.15) is 24.2 Å². The second-order valence-corrected chi connectivity index (χ2v) is 4.92. The first-order valence-electron chi connectivity index (χ1n) is 6.40. The predicted molar refractivity (Wildman–Crippen MR) is 67.9 cm³/mol. The Balaban J connectivity index is 1.54. The van der Waals surface area contributed by atoms with Crippen LogP contribution in [0.15, 0.2) is 36.6 Å². The summed E-state index contributed by atoms with van der Waals surface area (Å²) in [5, 5.41) is 0. The molecule has 3 heteroatoms. The van der Waals surface area contributed by atoms with Crippen molar-refractivity contribution in [3.63, 3.8) is 0 Å². The van der Waals surface area contributed by atoms with Gasteiger partial charge in [0, 0.05) is 0 Å². The third-order valence-corrected chi connectivity index (χ3v) is 3.70. The number of benzene rings is 1. The summed E-state index contributed by atoms with van der Waals surface area (Å²) in [7, 11) is 0. The van der Waals surface area contributed by atoms with E-state index in [2.05, 4.69) is 32.1 Å². The van der Waals surface area contributed by atoms with Crippen LogP contribution >= 0.6 is 0 Å². The van der Waals surface area contributed by atoms with Crippen molar-refractivity contribution in [2.45, 2.75) is 32.3 Å². The van der Waals surface area contributed by atoms with Gasteiger partial charge in [0.1, 0.15) is 0 Å². The number of rotatable bonds is 4. The summed E-state index contributed by atoms with van der Waals surface area (Å²) in [6, 6.07) is 8.32. The Hall–Kier alpha value is -1.32. The van der Waals surface area contributed by atoms with Gasteiger partial charge in [-0.2, -0.15) is 0 Å². The standard InChI is InChI=1S/C15H18O3/c1-10-5-3-4-6-12(10)11(2)17-9-14-13-7-8-16-15(13)18-14/h3-8,11,13-15H,9H2,1-2H3. The zero-order valence-corrected chi connectivity index (χ0v) is 10.7. The fourth-order valence-electron chi connectivity index (χ4n) is 2.51. The fraction of sp³-hybridized carbons (Fsp3) is 0.467. The minimum absolute atomic E-state index is 0.0626. The second kappa shape index (κ2) is 4.75. The van der Waals surface area contributed by atoms with Crippen molar-refractivity contribution >= 4 is 0 Å². The largest absolute Gasteiger partial charge is 0.472 e. The van der Waals surface area contributed by atoms with Crippen LogP contribution in [0.2, 0.25) is 0 Å². The van der Waals surface area contributed by atoms with Crippen LogP contribution in [-0.2, 0) is 14.2 Å². The molecule has 0 N–H and O–H groups in total. The van der Waals surface area contributed by atoms with Crippen LogP contribution in [0, 0.1) is 12.8 Å². The molecule has 18 heavy (non-hydrogen) atoms. The Labute approximate surface area is 107 Å². The van der Waals surface area contributed by atoms with E-state index in [-0.39, 0.29) is 18.5 Å². The summed E-state index contributed by atoms with van der Waals surface area (Å²) in [5.74, 6) is 0.370. The average molecular weight is 246 g/mol. The van der Waals surface area contributed by atoms with E-state index in [1.165, 1.54) is 11.1 Å². The molecule has 2 aliphatic heterocycles. The summed E-state index contributed by atoms with van der Waals surface area (Å²) >= 11 is 0. The molecule has 0 amide bonds. The highest BCUT2D eigenvalue weighted by Gasteiger charge is 2.45. The molecule has 96 valence electrons. The Bertz CT molecular complexity index is 455. The Kier molecular flexibility index (Phi) is 3.10. The van der Waals surface area contributed by atoms with E-state index in [9.17, 15) is 0 Å². The lowest BCUT2D eigenvalue weighted by atomic mass is 9.97. The van der Waals surface area contributed by atoms with Gasteiger partial charge in [0.25, 0.3) is 0 Å². The SMILES string of the molecule is Cc1ccccc1C(C)OCC1OC2OC=CC12. The molecule has 0 saturated carbocycles. The highest BCUT2D eigenvalue weighted by Crippen LogP contribution is 2.36. The molecule has 0 aliphatic carbocycles. The maximum Gasteiger partial charge on any atom is 0.208 e. The molecule has 4 unspecified atom stereocenters. The van der Waals surface area contributed by atoms with E-state index in [4.69, 9.17) is 14.2 Å². The smallest absolute Gasteiger partial charge is 0.208 e. The normalized spacial score (nSPS) is 30.4. The molecular formula is C15H18O3. The third kappa shape index (κ3) is 2.04. The molecule has 0 spiro atoms. The molecule has 4 atom stereocenters. The minimum Gasteiger partial charge on any atom is -0.472 e. The van der Waals surface area contributed by atoms with Gasteiger partial charge in [0.2, 0.25) is 6.29 Å². The fourth-order valence-corrected chi connectivity index (χ4v) is 2.51. The predicted octanol–water partition coefficient (Wildman–Crippen LogP) is 2.96.